The summed E-state index contributed by atoms with van der Waals surface area (Å²) < 4.78 is 21.8. The van der Waals surface area contributed by atoms with Gasteiger partial charge in [-0.05, 0) is 24.5 Å². The van der Waals surface area contributed by atoms with Gasteiger partial charge in [0.1, 0.15) is 9.84 Å². The van der Waals surface area contributed by atoms with Gasteiger partial charge in [-0.3, -0.25) is 0 Å². The van der Waals surface area contributed by atoms with Crippen LogP contribution >= 0.6 is 0 Å². The first kappa shape index (κ1) is 12.1. The van der Waals surface area contributed by atoms with Crippen molar-refractivity contribution in [2.24, 2.45) is 5.73 Å². The van der Waals surface area contributed by atoms with Gasteiger partial charge in [-0.25, -0.2) is 8.42 Å². The first-order valence-electron chi connectivity index (χ1n) is 4.69. The predicted octanol–water partition coefficient (Wildman–Crippen LogP) is 0.301. The van der Waals surface area contributed by atoms with E-state index in [0.29, 0.717) is 12.8 Å². The molecular formula is C9H15N3O2S. The Morgan fingerprint density at radius 1 is 1.47 bits per heavy atom. The van der Waals surface area contributed by atoms with Crippen molar-refractivity contribution in [3.05, 3.63) is 24.0 Å². The van der Waals surface area contributed by atoms with Crippen molar-refractivity contribution in [3.63, 3.8) is 0 Å². The second-order valence-electron chi connectivity index (χ2n) is 3.55. The highest BCUT2D eigenvalue weighted by atomic mass is 32.2. The van der Waals surface area contributed by atoms with E-state index in [-0.39, 0.29) is 11.8 Å². The summed E-state index contributed by atoms with van der Waals surface area (Å²) >= 11 is 0. The molecule has 0 amide bonds. The molecule has 0 aliphatic rings. The fourth-order valence-corrected chi connectivity index (χ4v) is 1.94. The molecule has 1 unspecified atom stereocenters. The monoisotopic (exact) mass is 229 g/mol. The topological polar surface area (TPSA) is 85.9 Å². The molecule has 1 aromatic rings. The summed E-state index contributed by atoms with van der Waals surface area (Å²) in [5, 5.41) is 7.36. The van der Waals surface area contributed by atoms with Crippen LogP contribution in [0.5, 0.6) is 0 Å². The lowest BCUT2D eigenvalue weighted by Gasteiger charge is -2.09. The molecule has 1 atom stereocenters. The molecule has 1 heterocycles. The van der Waals surface area contributed by atoms with Crippen LogP contribution < -0.4 is 5.73 Å². The van der Waals surface area contributed by atoms with E-state index >= 15 is 0 Å². The van der Waals surface area contributed by atoms with E-state index in [1.807, 2.05) is 0 Å². The van der Waals surface area contributed by atoms with Crippen LogP contribution in [0.15, 0.2) is 18.5 Å². The van der Waals surface area contributed by atoms with Crippen molar-refractivity contribution in [1.29, 1.82) is 0 Å². The minimum absolute atomic E-state index is 0.165. The molecule has 2 N–H and O–H groups in total. The van der Waals surface area contributed by atoms with E-state index in [2.05, 4.69) is 10.2 Å². The van der Waals surface area contributed by atoms with Crippen LogP contribution in [0.25, 0.3) is 0 Å². The average molecular weight is 229 g/mol. The Morgan fingerprint density at radius 3 is 2.73 bits per heavy atom. The highest BCUT2D eigenvalue weighted by Crippen LogP contribution is 2.13. The average Bonchev–Trinajstić information content (AvgIpc) is 2.17. The van der Waals surface area contributed by atoms with E-state index in [9.17, 15) is 8.42 Å². The van der Waals surface area contributed by atoms with Gasteiger partial charge in [0.25, 0.3) is 0 Å². The summed E-state index contributed by atoms with van der Waals surface area (Å²) in [5.74, 6) is 0.180. The molecular weight excluding hydrogens is 214 g/mol. The summed E-state index contributed by atoms with van der Waals surface area (Å²) in [6.45, 7) is 0. The van der Waals surface area contributed by atoms with Crippen LogP contribution in [-0.2, 0) is 9.84 Å². The lowest BCUT2D eigenvalue weighted by molar-refractivity contribution is 0.587. The summed E-state index contributed by atoms with van der Waals surface area (Å²) in [6.07, 6.45) is 5.62. The lowest BCUT2D eigenvalue weighted by Crippen LogP contribution is -2.13. The third-order valence-electron chi connectivity index (χ3n) is 2.07. The Bertz CT molecular complexity index is 391. The Kier molecular flexibility index (Phi) is 4.16. The lowest BCUT2D eigenvalue weighted by atomic mass is 10.1. The number of sulfone groups is 1. The minimum Gasteiger partial charge on any atom is -0.324 e. The third-order valence-corrected chi connectivity index (χ3v) is 3.10. The molecule has 84 valence electrons. The maximum atomic E-state index is 10.9. The molecule has 0 aliphatic heterocycles. The summed E-state index contributed by atoms with van der Waals surface area (Å²) in [4.78, 5) is 0. The SMILES string of the molecule is CS(=O)(=O)CCCC(N)c1ccnnc1. The zero-order chi connectivity index (χ0) is 11.3. The molecule has 15 heavy (non-hydrogen) atoms. The van der Waals surface area contributed by atoms with Crippen LogP contribution in [0.3, 0.4) is 0 Å². The van der Waals surface area contributed by atoms with Gasteiger partial charge in [-0.2, -0.15) is 10.2 Å². The fraction of sp³-hybridized carbons (Fsp3) is 0.556. The van der Waals surface area contributed by atoms with Gasteiger partial charge in [-0.1, -0.05) is 0 Å². The van der Waals surface area contributed by atoms with Gasteiger partial charge >= 0.3 is 0 Å². The molecule has 1 rings (SSSR count). The Labute approximate surface area is 89.6 Å². The van der Waals surface area contributed by atoms with E-state index in [1.165, 1.54) is 6.26 Å². The number of nitrogens with two attached hydrogens (primary N) is 1. The van der Waals surface area contributed by atoms with Crippen LogP contribution in [0.1, 0.15) is 24.4 Å². The second-order valence-corrected chi connectivity index (χ2v) is 5.81. The molecule has 0 saturated heterocycles. The third kappa shape index (κ3) is 4.85. The van der Waals surface area contributed by atoms with Crippen LogP contribution in [0.4, 0.5) is 0 Å². The molecule has 0 radical (unpaired) electrons. The first-order valence-corrected chi connectivity index (χ1v) is 6.75. The number of hydrogen-bond acceptors (Lipinski definition) is 5. The number of hydrogen-bond donors (Lipinski definition) is 1. The zero-order valence-corrected chi connectivity index (χ0v) is 9.44. The molecule has 0 saturated carbocycles. The number of rotatable bonds is 5. The largest absolute Gasteiger partial charge is 0.324 e. The Morgan fingerprint density at radius 2 is 2.20 bits per heavy atom. The second kappa shape index (κ2) is 5.18. The van der Waals surface area contributed by atoms with E-state index in [4.69, 9.17) is 5.73 Å². The van der Waals surface area contributed by atoms with Gasteiger partial charge in [0.2, 0.25) is 0 Å². The van der Waals surface area contributed by atoms with Gasteiger partial charge in [-0.15, -0.1) is 0 Å². The van der Waals surface area contributed by atoms with Crippen molar-refractivity contribution in [1.82, 2.24) is 10.2 Å². The quantitative estimate of drug-likeness (QED) is 0.784. The highest BCUT2D eigenvalue weighted by molar-refractivity contribution is 7.90. The van der Waals surface area contributed by atoms with Gasteiger partial charge in [0.15, 0.2) is 0 Å². The van der Waals surface area contributed by atoms with Crippen LogP contribution in [0.2, 0.25) is 0 Å². The molecule has 0 bridgehead atoms. The highest BCUT2D eigenvalue weighted by Gasteiger charge is 2.08. The van der Waals surface area contributed by atoms with Crippen molar-refractivity contribution < 1.29 is 8.42 Å². The molecule has 5 nitrogen and oxygen atoms in total. The molecule has 0 aromatic carbocycles. The van der Waals surface area contributed by atoms with Crippen molar-refractivity contribution in [2.75, 3.05) is 12.0 Å². The standard InChI is InChI=1S/C9H15N3O2S/c1-15(13,14)6-2-3-9(10)8-4-5-11-12-7-8/h4-5,7,9H,2-3,6,10H2,1H3. The Hall–Kier alpha value is -1.01. The maximum Gasteiger partial charge on any atom is 0.147 e. The van der Waals surface area contributed by atoms with Gasteiger partial charge < -0.3 is 5.73 Å². The first-order chi connectivity index (χ1) is 6.99. The fourth-order valence-electron chi connectivity index (χ4n) is 1.25. The van der Waals surface area contributed by atoms with Gasteiger partial charge in [0, 0.05) is 24.2 Å². The molecule has 0 fully saturated rings. The Balaban J connectivity index is 2.41. The van der Waals surface area contributed by atoms with E-state index in [0.717, 1.165) is 5.56 Å². The van der Waals surface area contributed by atoms with Crippen molar-refractivity contribution >= 4 is 9.84 Å². The molecule has 0 aliphatic carbocycles. The van der Waals surface area contributed by atoms with Crippen molar-refractivity contribution in [3.8, 4) is 0 Å². The van der Waals surface area contributed by atoms with Crippen LogP contribution in [0, 0.1) is 0 Å². The minimum atomic E-state index is -2.89. The zero-order valence-electron chi connectivity index (χ0n) is 8.63. The summed E-state index contributed by atoms with van der Waals surface area (Å²) in [5.41, 5.74) is 6.75. The van der Waals surface area contributed by atoms with Crippen molar-refractivity contribution in [2.45, 2.75) is 18.9 Å². The molecule has 6 heteroatoms. The van der Waals surface area contributed by atoms with Gasteiger partial charge in [0.05, 0.1) is 6.20 Å². The molecule has 1 aromatic heterocycles. The predicted molar refractivity (Wildman–Crippen MR) is 57.9 cm³/mol. The summed E-state index contributed by atoms with van der Waals surface area (Å²) in [7, 11) is -2.89. The van der Waals surface area contributed by atoms with Crippen LogP contribution in [-0.4, -0.2) is 30.6 Å². The maximum absolute atomic E-state index is 10.9. The van der Waals surface area contributed by atoms with E-state index in [1.54, 1.807) is 18.5 Å². The normalized spacial score (nSPS) is 13.7. The number of aromatic nitrogens is 2. The van der Waals surface area contributed by atoms with E-state index < -0.39 is 9.84 Å². The smallest absolute Gasteiger partial charge is 0.147 e. The number of nitrogens with zero attached hydrogens (tertiary/aromatic N) is 2. The molecule has 0 spiro atoms. The summed E-state index contributed by atoms with van der Waals surface area (Å²) in [6, 6.07) is 1.63.